The van der Waals surface area contributed by atoms with Gasteiger partial charge in [0.2, 0.25) is 0 Å². The number of hydrogen-bond acceptors (Lipinski definition) is 2. The molecule has 0 saturated heterocycles. The van der Waals surface area contributed by atoms with Crippen LogP contribution in [-0.2, 0) is 17.6 Å². The van der Waals surface area contributed by atoms with E-state index in [1.807, 2.05) is 48.5 Å². The van der Waals surface area contributed by atoms with E-state index in [0.717, 1.165) is 23.3 Å². The number of benzene rings is 3. The Morgan fingerprint density at radius 3 is 2.00 bits per heavy atom. The third-order valence-corrected chi connectivity index (χ3v) is 3.99. The number of carboxylic acid groups (broad SMARTS) is 1. The smallest absolute Gasteiger partial charge is 0.307 e. The molecule has 0 aliphatic carbocycles. The van der Waals surface area contributed by atoms with E-state index >= 15 is 0 Å². The molecule has 3 aromatic rings. The fourth-order valence-corrected chi connectivity index (χ4v) is 2.75. The molecule has 126 valence electrons. The molecule has 0 heterocycles. The van der Waals surface area contributed by atoms with Crippen LogP contribution in [0.1, 0.15) is 22.8 Å². The van der Waals surface area contributed by atoms with E-state index in [2.05, 4.69) is 24.3 Å². The Kier molecular flexibility index (Phi) is 5.47. The molecule has 0 spiro atoms. The lowest BCUT2D eigenvalue weighted by Gasteiger charge is -2.20. The lowest BCUT2D eigenvalue weighted by Crippen LogP contribution is -2.11. The first-order chi connectivity index (χ1) is 12.2. The lowest BCUT2D eigenvalue weighted by atomic mass is 10.0. The number of aliphatic carboxylic acids is 1. The maximum absolute atomic E-state index is 10.8. The first-order valence-corrected chi connectivity index (χ1v) is 8.27. The van der Waals surface area contributed by atoms with E-state index in [0.29, 0.717) is 0 Å². The molecule has 0 aliphatic heterocycles. The molecule has 0 amide bonds. The molecule has 0 radical (unpaired) electrons. The highest BCUT2D eigenvalue weighted by Gasteiger charge is 2.14. The summed E-state index contributed by atoms with van der Waals surface area (Å²) >= 11 is 0. The van der Waals surface area contributed by atoms with Crippen LogP contribution in [0.4, 0.5) is 0 Å². The molecule has 0 fully saturated rings. The third-order valence-electron chi connectivity index (χ3n) is 3.99. The predicted molar refractivity (Wildman–Crippen MR) is 97.7 cm³/mol. The highest BCUT2D eigenvalue weighted by Crippen LogP contribution is 2.26. The summed E-state index contributed by atoms with van der Waals surface area (Å²) in [6.45, 7) is 0. The topological polar surface area (TPSA) is 46.5 Å². The highest BCUT2D eigenvalue weighted by atomic mass is 16.5. The molecule has 1 unspecified atom stereocenters. The van der Waals surface area contributed by atoms with Crippen LogP contribution >= 0.6 is 0 Å². The maximum atomic E-state index is 10.8. The standard InChI is InChI=1S/C22H20O3/c23-22(24)16-18-11-13-20(14-12-18)25-21(19-9-5-2-6-10-19)15-17-7-3-1-4-8-17/h1-14,21H,15-16H2,(H,23,24). The van der Waals surface area contributed by atoms with Gasteiger partial charge in [0.25, 0.3) is 0 Å². The molecule has 3 aromatic carbocycles. The van der Waals surface area contributed by atoms with Gasteiger partial charge in [-0.2, -0.15) is 0 Å². The minimum absolute atomic E-state index is 0.0202. The molecule has 3 nitrogen and oxygen atoms in total. The van der Waals surface area contributed by atoms with Crippen LogP contribution < -0.4 is 4.74 Å². The SMILES string of the molecule is O=C(O)Cc1ccc(OC(Cc2ccccc2)c2ccccc2)cc1. The average molecular weight is 332 g/mol. The molecule has 1 atom stereocenters. The fourth-order valence-electron chi connectivity index (χ4n) is 2.75. The summed E-state index contributed by atoms with van der Waals surface area (Å²) in [6.07, 6.45) is 0.683. The molecular formula is C22H20O3. The Morgan fingerprint density at radius 1 is 0.800 bits per heavy atom. The van der Waals surface area contributed by atoms with Gasteiger partial charge >= 0.3 is 5.97 Å². The van der Waals surface area contributed by atoms with Crippen molar-refractivity contribution in [2.45, 2.75) is 18.9 Å². The van der Waals surface area contributed by atoms with Crippen LogP contribution in [0.15, 0.2) is 84.9 Å². The number of carbonyl (C=O) groups is 1. The third kappa shape index (κ3) is 4.95. The van der Waals surface area contributed by atoms with Crippen molar-refractivity contribution in [2.24, 2.45) is 0 Å². The quantitative estimate of drug-likeness (QED) is 0.683. The second-order valence-corrected chi connectivity index (χ2v) is 5.92. The van der Waals surface area contributed by atoms with Gasteiger partial charge in [0, 0.05) is 6.42 Å². The zero-order chi connectivity index (χ0) is 17.5. The molecule has 25 heavy (non-hydrogen) atoms. The Hall–Kier alpha value is -3.07. The number of ether oxygens (including phenoxy) is 1. The minimum Gasteiger partial charge on any atom is -0.485 e. The van der Waals surface area contributed by atoms with E-state index < -0.39 is 5.97 Å². The summed E-state index contributed by atoms with van der Waals surface area (Å²) in [5.74, 6) is -0.0983. The van der Waals surface area contributed by atoms with Crippen LogP contribution in [0.5, 0.6) is 5.75 Å². The van der Waals surface area contributed by atoms with Gasteiger partial charge in [-0.3, -0.25) is 4.79 Å². The van der Waals surface area contributed by atoms with Gasteiger partial charge in [0.05, 0.1) is 6.42 Å². The van der Waals surface area contributed by atoms with E-state index in [9.17, 15) is 4.79 Å². The Labute approximate surface area is 147 Å². The Balaban J connectivity index is 1.79. The van der Waals surface area contributed by atoms with Gasteiger partial charge in [0.1, 0.15) is 11.9 Å². The monoisotopic (exact) mass is 332 g/mol. The highest BCUT2D eigenvalue weighted by molar-refractivity contribution is 5.70. The zero-order valence-corrected chi connectivity index (χ0v) is 13.8. The lowest BCUT2D eigenvalue weighted by molar-refractivity contribution is -0.136. The molecular weight excluding hydrogens is 312 g/mol. The van der Waals surface area contributed by atoms with E-state index in [1.54, 1.807) is 12.1 Å². The van der Waals surface area contributed by atoms with Crippen molar-refractivity contribution in [1.29, 1.82) is 0 Å². The second kappa shape index (κ2) is 8.15. The molecule has 3 heteroatoms. The predicted octanol–water partition coefficient (Wildman–Crippen LogP) is 4.68. The van der Waals surface area contributed by atoms with Gasteiger partial charge in [0.15, 0.2) is 0 Å². The van der Waals surface area contributed by atoms with Crippen molar-refractivity contribution >= 4 is 5.97 Å². The summed E-state index contributed by atoms with van der Waals surface area (Å²) in [6, 6.07) is 27.6. The Morgan fingerprint density at radius 2 is 1.40 bits per heavy atom. The molecule has 0 bridgehead atoms. The summed E-state index contributed by atoms with van der Waals surface area (Å²) in [5, 5.41) is 8.86. The van der Waals surface area contributed by atoms with Crippen molar-refractivity contribution in [3.63, 3.8) is 0 Å². The molecule has 0 aliphatic rings. The van der Waals surface area contributed by atoms with Gasteiger partial charge in [-0.1, -0.05) is 72.8 Å². The van der Waals surface area contributed by atoms with Gasteiger partial charge in [-0.05, 0) is 28.8 Å². The summed E-state index contributed by atoms with van der Waals surface area (Å²) in [4.78, 5) is 10.8. The van der Waals surface area contributed by atoms with Crippen LogP contribution in [0, 0.1) is 0 Å². The fraction of sp³-hybridized carbons (Fsp3) is 0.136. The normalized spacial score (nSPS) is 11.7. The minimum atomic E-state index is -0.833. The first kappa shape index (κ1) is 16.8. The van der Waals surface area contributed by atoms with Crippen LogP contribution in [0.25, 0.3) is 0 Å². The second-order valence-electron chi connectivity index (χ2n) is 5.92. The molecule has 3 rings (SSSR count). The summed E-state index contributed by atoms with van der Waals surface area (Å²) < 4.78 is 6.22. The average Bonchev–Trinajstić information content (AvgIpc) is 2.64. The van der Waals surface area contributed by atoms with Crippen molar-refractivity contribution < 1.29 is 14.6 Å². The number of rotatable bonds is 7. The Bertz CT molecular complexity index is 796. The molecule has 0 saturated carbocycles. The van der Waals surface area contributed by atoms with Crippen LogP contribution in [-0.4, -0.2) is 11.1 Å². The largest absolute Gasteiger partial charge is 0.485 e. The number of hydrogen-bond donors (Lipinski definition) is 1. The van der Waals surface area contributed by atoms with E-state index in [4.69, 9.17) is 9.84 Å². The summed E-state index contributed by atoms with van der Waals surface area (Å²) in [7, 11) is 0. The molecule has 0 aromatic heterocycles. The van der Waals surface area contributed by atoms with Gasteiger partial charge in [-0.15, -0.1) is 0 Å². The van der Waals surface area contributed by atoms with Crippen LogP contribution in [0.2, 0.25) is 0 Å². The molecule has 1 N–H and O–H groups in total. The van der Waals surface area contributed by atoms with Crippen molar-refractivity contribution in [1.82, 2.24) is 0 Å². The van der Waals surface area contributed by atoms with E-state index in [1.165, 1.54) is 5.56 Å². The van der Waals surface area contributed by atoms with Gasteiger partial charge < -0.3 is 9.84 Å². The van der Waals surface area contributed by atoms with Crippen molar-refractivity contribution in [3.05, 3.63) is 102 Å². The van der Waals surface area contributed by atoms with Gasteiger partial charge in [-0.25, -0.2) is 0 Å². The van der Waals surface area contributed by atoms with Crippen molar-refractivity contribution in [3.8, 4) is 5.75 Å². The summed E-state index contributed by atoms with van der Waals surface area (Å²) in [5.41, 5.74) is 3.08. The maximum Gasteiger partial charge on any atom is 0.307 e. The first-order valence-electron chi connectivity index (χ1n) is 8.27. The van der Waals surface area contributed by atoms with Crippen molar-refractivity contribution in [2.75, 3.05) is 0 Å². The zero-order valence-electron chi connectivity index (χ0n) is 13.8. The van der Waals surface area contributed by atoms with Crippen LogP contribution in [0.3, 0.4) is 0 Å². The number of carboxylic acids is 1. The van der Waals surface area contributed by atoms with E-state index in [-0.39, 0.29) is 12.5 Å².